The van der Waals surface area contributed by atoms with Gasteiger partial charge in [0.1, 0.15) is 0 Å². The van der Waals surface area contributed by atoms with Crippen molar-refractivity contribution < 1.29 is 23.0 Å². The number of halogens is 3. The second-order valence-corrected chi connectivity index (χ2v) is 5.08. The van der Waals surface area contributed by atoms with Gasteiger partial charge in [0.15, 0.2) is 5.54 Å². The highest BCUT2D eigenvalue weighted by Gasteiger charge is 2.62. The topological polar surface area (TPSA) is 138 Å². The highest BCUT2D eigenvalue weighted by Crippen LogP contribution is 2.42. The average Bonchev–Trinajstić information content (AvgIpc) is 2.35. The molecule has 124 valence electrons. The monoisotopic (exact) mass is 324 g/mol. The molecule has 8 nitrogen and oxygen atoms in total. The van der Waals surface area contributed by atoms with Gasteiger partial charge in [0.2, 0.25) is 0 Å². The SMILES string of the molecule is CCC(C)C1(N)C([N+](=O)[O-])=CC(C(F)(F)F)=C(N)C1[N+](=O)[O-]. The van der Waals surface area contributed by atoms with Crippen LogP contribution in [0.2, 0.25) is 0 Å². The van der Waals surface area contributed by atoms with E-state index in [0.717, 1.165) is 0 Å². The van der Waals surface area contributed by atoms with Crippen molar-refractivity contribution in [2.45, 2.75) is 38.0 Å². The van der Waals surface area contributed by atoms with E-state index in [1.807, 2.05) is 0 Å². The van der Waals surface area contributed by atoms with E-state index in [4.69, 9.17) is 11.5 Å². The number of rotatable bonds is 4. The van der Waals surface area contributed by atoms with Gasteiger partial charge in [-0.05, 0) is 5.92 Å². The number of allylic oxidation sites excluding steroid dienone is 2. The van der Waals surface area contributed by atoms with Gasteiger partial charge < -0.3 is 11.5 Å². The summed E-state index contributed by atoms with van der Waals surface area (Å²) >= 11 is 0. The van der Waals surface area contributed by atoms with Crippen molar-refractivity contribution in [1.29, 1.82) is 0 Å². The number of nitrogens with zero attached hydrogens (tertiary/aromatic N) is 2. The molecule has 3 atom stereocenters. The first-order valence-electron chi connectivity index (χ1n) is 6.24. The minimum atomic E-state index is -5.06. The van der Waals surface area contributed by atoms with Crippen LogP contribution >= 0.6 is 0 Å². The fourth-order valence-corrected chi connectivity index (χ4v) is 2.49. The van der Waals surface area contributed by atoms with Crippen LogP contribution in [0.15, 0.2) is 23.0 Å². The maximum absolute atomic E-state index is 12.9. The molecule has 4 N–H and O–H groups in total. The minimum Gasteiger partial charge on any atom is -0.396 e. The van der Waals surface area contributed by atoms with Crippen molar-refractivity contribution in [2.24, 2.45) is 17.4 Å². The summed E-state index contributed by atoms with van der Waals surface area (Å²) in [5.74, 6) is -0.840. The van der Waals surface area contributed by atoms with Gasteiger partial charge in [0.25, 0.3) is 11.7 Å². The highest BCUT2D eigenvalue weighted by atomic mass is 19.4. The van der Waals surface area contributed by atoms with E-state index in [1.165, 1.54) is 6.92 Å². The summed E-state index contributed by atoms with van der Waals surface area (Å²) in [5, 5.41) is 22.4. The van der Waals surface area contributed by atoms with Crippen LogP contribution in [0.4, 0.5) is 13.2 Å². The molecular weight excluding hydrogens is 309 g/mol. The molecular formula is C11H15F3N4O4. The Balaban J connectivity index is 3.75. The van der Waals surface area contributed by atoms with E-state index in [2.05, 4.69) is 0 Å². The summed E-state index contributed by atoms with van der Waals surface area (Å²) in [7, 11) is 0. The molecule has 0 aromatic carbocycles. The van der Waals surface area contributed by atoms with Crippen LogP contribution in [-0.4, -0.2) is 27.6 Å². The Labute approximate surface area is 122 Å². The lowest BCUT2D eigenvalue weighted by Crippen LogP contribution is -2.64. The lowest BCUT2D eigenvalue weighted by atomic mass is 9.71. The summed E-state index contributed by atoms with van der Waals surface area (Å²) in [5.41, 5.74) is 5.15. The summed E-state index contributed by atoms with van der Waals surface area (Å²) in [6, 6.07) is -2.23. The van der Waals surface area contributed by atoms with E-state index >= 15 is 0 Å². The normalized spacial score (nSPS) is 27.4. The molecule has 3 unspecified atom stereocenters. The quantitative estimate of drug-likeness (QED) is 0.590. The van der Waals surface area contributed by atoms with Crippen molar-refractivity contribution in [3.05, 3.63) is 43.3 Å². The Morgan fingerprint density at radius 3 is 2.23 bits per heavy atom. The third kappa shape index (κ3) is 2.63. The van der Waals surface area contributed by atoms with Crippen molar-refractivity contribution in [3.63, 3.8) is 0 Å². The predicted octanol–water partition coefficient (Wildman–Crippen LogP) is 1.32. The first kappa shape index (κ1) is 17.9. The maximum Gasteiger partial charge on any atom is 0.418 e. The molecule has 1 rings (SSSR count). The predicted molar refractivity (Wildman–Crippen MR) is 69.5 cm³/mol. The smallest absolute Gasteiger partial charge is 0.396 e. The molecule has 0 fully saturated rings. The molecule has 1 aliphatic carbocycles. The van der Waals surface area contributed by atoms with Crippen LogP contribution in [0.25, 0.3) is 0 Å². The van der Waals surface area contributed by atoms with Crippen molar-refractivity contribution in [3.8, 4) is 0 Å². The zero-order chi connectivity index (χ0) is 17.5. The van der Waals surface area contributed by atoms with Crippen molar-refractivity contribution >= 4 is 0 Å². The zero-order valence-corrected chi connectivity index (χ0v) is 11.8. The number of hydrogen-bond acceptors (Lipinski definition) is 6. The minimum absolute atomic E-state index is 0.181. The Kier molecular flexibility index (Phi) is 4.51. The second-order valence-electron chi connectivity index (χ2n) is 5.08. The van der Waals surface area contributed by atoms with Crippen molar-refractivity contribution in [2.75, 3.05) is 0 Å². The van der Waals surface area contributed by atoms with Crippen LogP contribution < -0.4 is 11.5 Å². The van der Waals surface area contributed by atoms with Gasteiger partial charge in [-0.15, -0.1) is 0 Å². The van der Waals surface area contributed by atoms with Crippen LogP contribution in [0.3, 0.4) is 0 Å². The molecule has 22 heavy (non-hydrogen) atoms. The zero-order valence-electron chi connectivity index (χ0n) is 11.8. The summed E-state index contributed by atoms with van der Waals surface area (Å²) < 4.78 is 38.8. The Morgan fingerprint density at radius 2 is 1.91 bits per heavy atom. The molecule has 0 aromatic heterocycles. The summed E-state index contributed by atoms with van der Waals surface area (Å²) in [4.78, 5) is 20.1. The first-order valence-corrected chi connectivity index (χ1v) is 6.24. The van der Waals surface area contributed by atoms with E-state index < -0.39 is 50.5 Å². The molecule has 0 aromatic rings. The standard InChI is InChI=1S/C11H15F3N4O4/c1-3-5(2)10(16)7(17(19)20)4-6(11(12,13)14)8(15)9(10)18(21)22/h4-5,9H,3,15-16H2,1-2H3. The maximum atomic E-state index is 12.9. The van der Waals surface area contributed by atoms with E-state index in [-0.39, 0.29) is 12.5 Å². The number of hydrogen-bond donors (Lipinski definition) is 2. The van der Waals surface area contributed by atoms with Gasteiger partial charge in [-0.2, -0.15) is 13.2 Å². The molecule has 0 amide bonds. The average molecular weight is 324 g/mol. The molecule has 0 heterocycles. The third-order valence-electron chi connectivity index (χ3n) is 3.92. The van der Waals surface area contributed by atoms with E-state index in [1.54, 1.807) is 6.92 Å². The van der Waals surface area contributed by atoms with Gasteiger partial charge in [0, 0.05) is 11.0 Å². The molecule has 0 aliphatic heterocycles. The first-order chi connectivity index (χ1) is 9.88. The number of nitrogens with two attached hydrogens (primary N) is 2. The Bertz CT molecular complexity index is 572. The largest absolute Gasteiger partial charge is 0.418 e. The van der Waals surface area contributed by atoms with Gasteiger partial charge in [-0.25, -0.2) is 0 Å². The fraction of sp³-hybridized carbons (Fsp3) is 0.636. The van der Waals surface area contributed by atoms with Gasteiger partial charge in [-0.1, -0.05) is 20.3 Å². The lowest BCUT2D eigenvalue weighted by molar-refractivity contribution is -0.536. The Hall–Kier alpha value is -2.17. The molecule has 0 bridgehead atoms. The number of alkyl halides is 3. The fourth-order valence-electron chi connectivity index (χ4n) is 2.49. The molecule has 11 heteroatoms. The summed E-state index contributed by atoms with van der Waals surface area (Å²) in [6.07, 6.45) is -4.68. The van der Waals surface area contributed by atoms with Gasteiger partial charge in [0.05, 0.1) is 16.2 Å². The number of nitro groups is 2. The highest BCUT2D eigenvalue weighted by molar-refractivity contribution is 5.43. The Morgan fingerprint density at radius 1 is 1.41 bits per heavy atom. The summed E-state index contributed by atoms with van der Waals surface area (Å²) in [6.45, 7) is 2.95. The molecule has 1 aliphatic rings. The molecule has 0 saturated heterocycles. The van der Waals surface area contributed by atoms with E-state index in [9.17, 15) is 33.4 Å². The third-order valence-corrected chi connectivity index (χ3v) is 3.92. The van der Waals surface area contributed by atoms with Crippen LogP contribution in [0, 0.1) is 26.1 Å². The molecule has 0 radical (unpaired) electrons. The van der Waals surface area contributed by atoms with Crippen molar-refractivity contribution in [1.82, 2.24) is 0 Å². The van der Waals surface area contributed by atoms with Crippen LogP contribution in [0.1, 0.15) is 20.3 Å². The molecule has 0 spiro atoms. The second kappa shape index (κ2) is 5.55. The van der Waals surface area contributed by atoms with Gasteiger partial charge >= 0.3 is 6.18 Å². The van der Waals surface area contributed by atoms with Crippen LogP contribution in [-0.2, 0) is 0 Å². The van der Waals surface area contributed by atoms with Gasteiger partial charge in [-0.3, -0.25) is 20.2 Å². The van der Waals surface area contributed by atoms with Crippen LogP contribution in [0.5, 0.6) is 0 Å². The lowest BCUT2D eigenvalue weighted by Gasteiger charge is -2.37. The van der Waals surface area contributed by atoms with E-state index in [0.29, 0.717) is 0 Å². The molecule has 0 saturated carbocycles.